The van der Waals surface area contributed by atoms with Crippen LogP contribution in [-0.4, -0.2) is 12.6 Å². The zero-order chi connectivity index (χ0) is 12.3. The normalized spacial score (nSPS) is 10.8. The fraction of sp³-hybridized carbons (Fsp3) is 0.133. The van der Waals surface area contributed by atoms with Gasteiger partial charge in [0.25, 0.3) is 0 Å². The molecule has 0 atom stereocenters. The first-order valence-electron chi connectivity index (χ1n) is 5.48. The molecule has 0 amide bonds. The van der Waals surface area contributed by atoms with Gasteiger partial charge in [0.1, 0.15) is 6.61 Å². The van der Waals surface area contributed by atoms with Crippen molar-refractivity contribution in [2.24, 2.45) is 0 Å². The van der Waals surface area contributed by atoms with Crippen LogP contribution in [0.25, 0.3) is 6.08 Å². The minimum Gasteiger partial charge on any atom is -0.458 e. The third kappa shape index (κ3) is 6.15. The summed E-state index contributed by atoms with van der Waals surface area (Å²) in [6, 6.07) is 9.62. The van der Waals surface area contributed by atoms with Gasteiger partial charge in [0.05, 0.1) is 0 Å². The monoisotopic (exact) mass is 228 g/mol. The minimum atomic E-state index is -0.336. The summed E-state index contributed by atoms with van der Waals surface area (Å²) in [5.41, 5.74) is 0.978. The van der Waals surface area contributed by atoms with Crippen LogP contribution in [0.4, 0.5) is 0 Å². The van der Waals surface area contributed by atoms with E-state index in [-0.39, 0.29) is 5.97 Å². The van der Waals surface area contributed by atoms with Gasteiger partial charge < -0.3 is 4.74 Å². The van der Waals surface area contributed by atoms with Crippen LogP contribution in [0.15, 0.2) is 61.2 Å². The summed E-state index contributed by atoms with van der Waals surface area (Å²) in [4.78, 5) is 11.3. The predicted octanol–water partition coefficient (Wildman–Crippen LogP) is 3.38. The predicted molar refractivity (Wildman–Crippen MR) is 70.4 cm³/mol. The van der Waals surface area contributed by atoms with Crippen LogP contribution in [0.5, 0.6) is 0 Å². The van der Waals surface area contributed by atoms with Gasteiger partial charge in [-0.3, -0.25) is 0 Å². The highest BCUT2D eigenvalue weighted by Crippen LogP contribution is 2.01. The number of carbonyl (C=O) groups is 1. The van der Waals surface area contributed by atoms with E-state index in [0.717, 1.165) is 12.0 Å². The van der Waals surface area contributed by atoms with E-state index in [0.29, 0.717) is 6.61 Å². The Labute approximate surface area is 102 Å². The smallest absolute Gasteiger partial charge is 0.331 e. The van der Waals surface area contributed by atoms with E-state index in [1.54, 1.807) is 18.2 Å². The molecule has 0 aliphatic heterocycles. The van der Waals surface area contributed by atoms with Crippen LogP contribution in [0.3, 0.4) is 0 Å². The average Bonchev–Trinajstić information content (AvgIpc) is 2.37. The number of allylic oxidation sites excluding steroid dienone is 2. The molecule has 0 fully saturated rings. The molecule has 0 heterocycles. The number of rotatable bonds is 6. The van der Waals surface area contributed by atoms with E-state index in [1.807, 2.05) is 36.4 Å². The molecular weight excluding hydrogens is 212 g/mol. The summed E-state index contributed by atoms with van der Waals surface area (Å²) >= 11 is 0. The number of hydrogen-bond acceptors (Lipinski definition) is 2. The minimum absolute atomic E-state index is 0.297. The Balaban J connectivity index is 2.30. The summed E-state index contributed by atoms with van der Waals surface area (Å²) in [5.74, 6) is -0.336. The van der Waals surface area contributed by atoms with Crippen molar-refractivity contribution in [3.8, 4) is 0 Å². The fourth-order valence-electron chi connectivity index (χ4n) is 1.17. The van der Waals surface area contributed by atoms with Crippen molar-refractivity contribution in [3.63, 3.8) is 0 Å². The summed E-state index contributed by atoms with van der Waals surface area (Å²) in [7, 11) is 0. The first kappa shape index (κ1) is 13.0. The number of ether oxygens (including phenoxy) is 1. The summed E-state index contributed by atoms with van der Waals surface area (Å²) in [6.45, 7) is 3.88. The molecule has 0 aromatic heterocycles. The fourth-order valence-corrected chi connectivity index (χ4v) is 1.17. The number of benzene rings is 1. The molecule has 2 nitrogen and oxygen atoms in total. The molecule has 0 N–H and O–H groups in total. The molecule has 0 radical (unpaired) electrons. The van der Waals surface area contributed by atoms with Gasteiger partial charge in [-0.1, -0.05) is 48.6 Å². The van der Waals surface area contributed by atoms with E-state index in [9.17, 15) is 4.79 Å². The summed E-state index contributed by atoms with van der Waals surface area (Å²) < 4.78 is 4.96. The van der Waals surface area contributed by atoms with Crippen molar-refractivity contribution in [1.29, 1.82) is 0 Å². The first-order valence-corrected chi connectivity index (χ1v) is 5.48. The molecule has 0 saturated carbocycles. The Kier molecular flexibility index (Phi) is 6.19. The molecule has 0 unspecified atom stereocenters. The molecule has 17 heavy (non-hydrogen) atoms. The van der Waals surface area contributed by atoms with Crippen molar-refractivity contribution in [2.75, 3.05) is 6.61 Å². The van der Waals surface area contributed by atoms with Crippen LogP contribution in [0.2, 0.25) is 0 Å². The highest BCUT2D eigenvalue weighted by atomic mass is 16.5. The van der Waals surface area contributed by atoms with E-state index in [1.165, 1.54) is 6.08 Å². The lowest BCUT2D eigenvalue weighted by atomic mass is 10.2. The second-order valence-electron chi connectivity index (χ2n) is 3.37. The zero-order valence-electron chi connectivity index (χ0n) is 9.71. The van der Waals surface area contributed by atoms with Crippen LogP contribution >= 0.6 is 0 Å². The molecule has 0 bridgehead atoms. The highest BCUT2D eigenvalue weighted by Gasteiger charge is 1.93. The van der Waals surface area contributed by atoms with Crippen molar-refractivity contribution in [2.45, 2.75) is 6.42 Å². The number of carbonyl (C=O) groups excluding carboxylic acids is 1. The first-order chi connectivity index (χ1) is 8.33. The maximum absolute atomic E-state index is 11.3. The molecule has 1 aromatic carbocycles. The van der Waals surface area contributed by atoms with E-state index in [4.69, 9.17) is 4.74 Å². The lowest BCUT2D eigenvalue weighted by Gasteiger charge is -1.96. The van der Waals surface area contributed by atoms with E-state index < -0.39 is 0 Å². The van der Waals surface area contributed by atoms with Crippen molar-refractivity contribution >= 4 is 12.0 Å². The van der Waals surface area contributed by atoms with Crippen LogP contribution in [-0.2, 0) is 9.53 Å². The largest absolute Gasteiger partial charge is 0.458 e. The van der Waals surface area contributed by atoms with Gasteiger partial charge in [-0.2, -0.15) is 0 Å². The zero-order valence-corrected chi connectivity index (χ0v) is 9.71. The lowest BCUT2D eigenvalue weighted by molar-refractivity contribution is -0.136. The van der Waals surface area contributed by atoms with Crippen molar-refractivity contribution in [1.82, 2.24) is 0 Å². The SMILES string of the molecule is C=CC/C=C\COC(=O)/C=C/c1ccccc1. The van der Waals surface area contributed by atoms with Crippen LogP contribution in [0, 0.1) is 0 Å². The second-order valence-corrected chi connectivity index (χ2v) is 3.37. The molecular formula is C15H16O2. The molecule has 0 aliphatic carbocycles. The molecule has 0 aliphatic rings. The van der Waals surface area contributed by atoms with E-state index in [2.05, 4.69) is 6.58 Å². The molecule has 2 heteroatoms. The number of hydrogen-bond donors (Lipinski definition) is 0. The van der Waals surface area contributed by atoms with Gasteiger partial charge in [0.15, 0.2) is 0 Å². The number of esters is 1. The highest BCUT2D eigenvalue weighted by molar-refractivity contribution is 5.87. The van der Waals surface area contributed by atoms with Gasteiger partial charge >= 0.3 is 5.97 Å². The second kappa shape index (κ2) is 8.11. The van der Waals surface area contributed by atoms with Gasteiger partial charge in [0, 0.05) is 6.08 Å². The van der Waals surface area contributed by atoms with Gasteiger partial charge in [-0.05, 0) is 18.1 Å². The Morgan fingerprint density at radius 3 is 2.71 bits per heavy atom. The molecule has 1 rings (SSSR count). The standard InChI is InChI=1S/C15H16O2/c1-2-3-4-8-13-17-15(16)12-11-14-9-6-5-7-10-14/h2,4-12H,1,3,13H2/b8-4-,12-11+. The van der Waals surface area contributed by atoms with Crippen LogP contribution < -0.4 is 0 Å². The van der Waals surface area contributed by atoms with Crippen molar-refractivity contribution in [3.05, 3.63) is 66.8 Å². The molecule has 0 saturated heterocycles. The molecule has 1 aromatic rings. The summed E-state index contributed by atoms with van der Waals surface area (Å²) in [5, 5.41) is 0. The van der Waals surface area contributed by atoms with Crippen LogP contribution in [0.1, 0.15) is 12.0 Å². The maximum atomic E-state index is 11.3. The van der Waals surface area contributed by atoms with Crippen molar-refractivity contribution < 1.29 is 9.53 Å². The Hall–Kier alpha value is -2.09. The Morgan fingerprint density at radius 2 is 2.00 bits per heavy atom. The topological polar surface area (TPSA) is 26.3 Å². The Morgan fingerprint density at radius 1 is 1.24 bits per heavy atom. The Bertz CT molecular complexity index is 402. The average molecular weight is 228 g/mol. The molecule has 88 valence electrons. The maximum Gasteiger partial charge on any atom is 0.331 e. The van der Waals surface area contributed by atoms with Gasteiger partial charge in [-0.25, -0.2) is 4.79 Å². The molecule has 0 spiro atoms. The quantitative estimate of drug-likeness (QED) is 0.424. The summed E-state index contributed by atoms with van der Waals surface area (Å²) in [6.07, 6.45) is 9.44. The van der Waals surface area contributed by atoms with Gasteiger partial charge in [0.2, 0.25) is 0 Å². The third-order valence-electron chi connectivity index (χ3n) is 2.00. The third-order valence-corrected chi connectivity index (χ3v) is 2.00. The van der Waals surface area contributed by atoms with E-state index >= 15 is 0 Å². The van der Waals surface area contributed by atoms with Gasteiger partial charge in [-0.15, -0.1) is 6.58 Å². The lowest BCUT2D eigenvalue weighted by Crippen LogP contribution is -1.99.